The van der Waals surface area contributed by atoms with Gasteiger partial charge in [0, 0.05) is 6.54 Å². The molecule has 0 aliphatic rings. The molecule has 0 atom stereocenters. The minimum absolute atomic E-state index is 0.178. The van der Waals surface area contributed by atoms with E-state index in [1.165, 1.54) is 12.0 Å². The first-order valence-electron chi connectivity index (χ1n) is 6.34. The summed E-state index contributed by atoms with van der Waals surface area (Å²) in [6.45, 7) is 3.88. The molecule has 0 unspecified atom stereocenters. The van der Waals surface area contributed by atoms with E-state index in [0.29, 0.717) is 18.0 Å². The topological polar surface area (TPSA) is 78.9 Å². The van der Waals surface area contributed by atoms with Crippen LogP contribution < -0.4 is 10.1 Å². The third-order valence-corrected chi connectivity index (χ3v) is 2.55. The van der Waals surface area contributed by atoms with E-state index in [1.54, 1.807) is 24.3 Å². The summed E-state index contributed by atoms with van der Waals surface area (Å²) in [5, 5.41) is 11.5. The summed E-state index contributed by atoms with van der Waals surface area (Å²) in [4.78, 5) is 24.2. The average Bonchev–Trinajstić information content (AvgIpc) is 2.37. The number of carboxylic acid groups (broad SMARTS) is 1. The largest absolute Gasteiger partial charge is 0.495 e. The molecule has 0 radical (unpaired) electrons. The lowest BCUT2D eigenvalue weighted by molar-refractivity contribution is -0.137. The number of anilines is 1. The SMILES string of the molecule is COc1ccccc1NC(=O)N(CC(=O)O)CC(C)C. The van der Waals surface area contributed by atoms with Crippen LogP contribution in [-0.4, -0.2) is 42.2 Å². The number of carboxylic acids is 1. The van der Waals surface area contributed by atoms with Crippen molar-refractivity contribution in [3.63, 3.8) is 0 Å². The van der Waals surface area contributed by atoms with Crippen molar-refractivity contribution in [3.8, 4) is 5.75 Å². The summed E-state index contributed by atoms with van der Waals surface area (Å²) in [6, 6.07) is 6.52. The Hall–Kier alpha value is -2.24. The van der Waals surface area contributed by atoms with Crippen LogP contribution in [0.2, 0.25) is 0 Å². The van der Waals surface area contributed by atoms with E-state index in [-0.39, 0.29) is 12.5 Å². The number of rotatable bonds is 6. The Balaban J connectivity index is 2.81. The molecule has 20 heavy (non-hydrogen) atoms. The minimum atomic E-state index is -1.04. The zero-order valence-corrected chi connectivity index (χ0v) is 11.9. The van der Waals surface area contributed by atoms with Gasteiger partial charge in [0.05, 0.1) is 12.8 Å². The van der Waals surface area contributed by atoms with Gasteiger partial charge in [-0.3, -0.25) is 4.79 Å². The van der Waals surface area contributed by atoms with Crippen molar-refractivity contribution in [3.05, 3.63) is 24.3 Å². The van der Waals surface area contributed by atoms with Crippen molar-refractivity contribution in [2.75, 3.05) is 25.5 Å². The highest BCUT2D eigenvalue weighted by Gasteiger charge is 2.19. The smallest absolute Gasteiger partial charge is 0.323 e. The van der Waals surface area contributed by atoms with Crippen LogP contribution in [0.1, 0.15) is 13.8 Å². The van der Waals surface area contributed by atoms with Crippen LogP contribution in [0.4, 0.5) is 10.5 Å². The molecule has 0 heterocycles. The summed E-state index contributed by atoms with van der Waals surface area (Å²) in [6.07, 6.45) is 0. The van der Waals surface area contributed by atoms with Gasteiger partial charge < -0.3 is 20.1 Å². The number of benzene rings is 1. The summed E-state index contributed by atoms with van der Waals surface area (Å²) >= 11 is 0. The van der Waals surface area contributed by atoms with Crippen LogP contribution in [0, 0.1) is 5.92 Å². The molecule has 1 aromatic rings. The predicted octanol–water partition coefficient (Wildman–Crippen LogP) is 2.27. The van der Waals surface area contributed by atoms with E-state index in [1.807, 2.05) is 13.8 Å². The van der Waals surface area contributed by atoms with Crippen LogP contribution in [0.25, 0.3) is 0 Å². The lowest BCUT2D eigenvalue weighted by Crippen LogP contribution is -2.41. The van der Waals surface area contributed by atoms with Gasteiger partial charge in [0.1, 0.15) is 12.3 Å². The summed E-state index contributed by atoms with van der Waals surface area (Å²) in [7, 11) is 1.51. The third kappa shape index (κ3) is 4.79. The molecule has 2 amide bonds. The van der Waals surface area contributed by atoms with Crippen LogP contribution in [0.15, 0.2) is 24.3 Å². The summed E-state index contributed by atoms with van der Waals surface area (Å²) < 4.78 is 5.14. The lowest BCUT2D eigenvalue weighted by Gasteiger charge is -2.23. The Morgan fingerprint density at radius 2 is 2.00 bits per heavy atom. The second-order valence-electron chi connectivity index (χ2n) is 4.80. The number of ether oxygens (including phenoxy) is 1. The Kier molecular flexibility index (Phi) is 5.83. The van der Waals surface area contributed by atoms with Crippen molar-refractivity contribution < 1.29 is 19.4 Å². The predicted molar refractivity (Wildman–Crippen MR) is 76.1 cm³/mol. The van der Waals surface area contributed by atoms with Crippen molar-refractivity contribution in [1.29, 1.82) is 0 Å². The molecule has 0 saturated carbocycles. The summed E-state index contributed by atoms with van der Waals surface area (Å²) in [5.41, 5.74) is 0.513. The molecule has 6 heteroatoms. The standard InChI is InChI=1S/C14H20N2O4/c1-10(2)8-16(9-13(17)18)14(19)15-11-6-4-5-7-12(11)20-3/h4-7,10H,8-9H2,1-3H3,(H,15,19)(H,17,18). The molecule has 0 aromatic heterocycles. The molecule has 0 spiro atoms. The Morgan fingerprint density at radius 3 is 2.55 bits per heavy atom. The molecule has 0 saturated heterocycles. The molecule has 0 bridgehead atoms. The highest BCUT2D eigenvalue weighted by molar-refractivity contribution is 5.92. The molecule has 0 aliphatic heterocycles. The molecule has 0 aliphatic carbocycles. The number of hydrogen-bond acceptors (Lipinski definition) is 3. The maximum atomic E-state index is 12.1. The maximum absolute atomic E-state index is 12.1. The number of para-hydroxylation sites is 2. The van der Waals surface area contributed by atoms with Gasteiger partial charge in [0.15, 0.2) is 0 Å². The summed E-state index contributed by atoms with van der Waals surface area (Å²) in [5.74, 6) is -0.334. The normalized spacial score (nSPS) is 10.2. The number of amides is 2. The van der Waals surface area contributed by atoms with Gasteiger partial charge in [-0.25, -0.2) is 4.79 Å². The third-order valence-electron chi connectivity index (χ3n) is 2.55. The number of methoxy groups -OCH3 is 1. The monoisotopic (exact) mass is 280 g/mol. The molecule has 2 N–H and O–H groups in total. The Morgan fingerprint density at radius 1 is 1.35 bits per heavy atom. The van der Waals surface area contributed by atoms with Crippen molar-refractivity contribution in [1.82, 2.24) is 4.90 Å². The Bertz CT molecular complexity index is 474. The lowest BCUT2D eigenvalue weighted by atomic mass is 10.2. The minimum Gasteiger partial charge on any atom is -0.495 e. The van der Waals surface area contributed by atoms with Crippen LogP contribution >= 0.6 is 0 Å². The molecular weight excluding hydrogens is 260 g/mol. The van der Waals surface area contributed by atoms with E-state index in [0.717, 1.165) is 0 Å². The first-order valence-corrected chi connectivity index (χ1v) is 6.34. The zero-order chi connectivity index (χ0) is 15.1. The first-order chi connectivity index (χ1) is 9.43. The van der Waals surface area contributed by atoms with E-state index in [4.69, 9.17) is 9.84 Å². The fourth-order valence-electron chi connectivity index (χ4n) is 1.77. The van der Waals surface area contributed by atoms with Crippen molar-refractivity contribution >= 4 is 17.7 Å². The van der Waals surface area contributed by atoms with Gasteiger partial charge in [-0.2, -0.15) is 0 Å². The van der Waals surface area contributed by atoms with E-state index < -0.39 is 12.0 Å². The number of urea groups is 1. The van der Waals surface area contributed by atoms with Crippen molar-refractivity contribution in [2.45, 2.75) is 13.8 Å². The fraction of sp³-hybridized carbons (Fsp3) is 0.429. The van der Waals surface area contributed by atoms with E-state index in [9.17, 15) is 9.59 Å². The molecular formula is C14H20N2O4. The fourth-order valence-corrected chi connectivity index (χ4v) is 1.77. The van der Waals surface area contributed by atoms with Crippen molar-refractivity contribution in [2.24, 2.45) is 5.92 Å². The van der Waals surface area contributed by atoms with Gasteiger partial charge in [-0.05, 0) is 18.1 Å². The number of nitrogens with one attached hydrogen (secondary N) is 1. The highest BCUT2D eigenvalue weighted by Crippen LogP contribution is 2.23. The molecule has 110 valence electrons. The number of carbonyl (C=O) groups excluding carboxylic acids is 1. The average molecular weight is 280 g/mol. The van der Waals surface area contributed by atoms with E-state index >= 15 is 0 Å². The van der Waals surface area contributed by atoms with Gasteiger partial charge in [0.25, 0.3) is 0 Å². The quantitative estimate of drug-likeness (QED) is 0.837. The van der Waals surface area contributed by atoms with Gasteiger partial charge in [-0.1, -0.05) is 26.0 Å². The van der Waals surface area contributed by atoms with Crippen LogP contribution in [0.3, 0.4) is 0 Å². The second-order valence-corrected chi connectivity index (χ2v) is 4.80. The second kappa shape index (κ2) is 7.37. The number of nitrogens with zero attached hydrogens (tertiary/aromatic N) is 1. The first kappa shape index (κ1) is 15.8. The van der Waals surface area contributed by atoms with Gasteiger partial charge in [-0.15, -0.1) is 0 Å². The Labute approximate surface area is 118 Å². The molecule has 1 rings (SSSR count). The zero-order valence-electron chi connectivity index (χ0n) is 11.9. The molecule has 0 fully saturated rings. The van der Waals surface area contributed by atoms with Crippen LogP contribution in [0.5, 0.6) is 5.75 Å². The van der Waals surface area contributed by atoms with Gasteiger partial charge >= 0.3 is 12.0 Å². The number of aliphatic carboxylic acids is 1. The maximum Gasteiger partial charge on any atom is 0.323 e. The molecule has 6 nitrogen and oxygen atoms in total. The highest BCUT2D eigenvalue weighted by atomic mass is 16.5. The number of hydrogen-bond donors (Lipinski definition) is 2. The van der Waals surface area contributed by atoms with Crippen LogP contribution in [-0.2, 0) is 4.79 Å². The molecule has 1 aromatic carbocycles. The van der Waals surface area contributed by atoms with E-state index in [2.05, 4.69) is 5.32 Å². The van der Waals surface area contributed by atoms with Gasteiger partial charge in [0.2, 0.25) is 0 Å². The number of carbonyl (C=O) groups is 2.